The standard InChI is InChI=1S/C21H22F3N3OS/c22-21(23,24)29-19-10-8-18(9-11-19)25-20(28)27-15-13-26(14-16-27)12-4-7-17-5-2-1-3-6-17/h1-11H,12-16H2,(H,25,28)/b7-4-. The number of halogens is 3. The van der Waals surface area contributed by atoms with Crippen molar-refractivity contribution < 1.29 is 18.0 Å². The van der Waals surface area contributed by atoms with Crippen LogP contribution < -0.4 is 5.32 Å². The SMILES string of the molecule is O=C(Nc1ccc(SC(F)(F)F)cc1)N1CCN(C/C=C\c2ccccc2)CC1. The van der Waals surface area contributed by atoms with Crippen LogP contribution in [-0.2, 0) is 0 Å². The molecule has 0 radical (unpaired) electrons. The zero-order valence-electron chi connectivity index (χ0n) is 15.7. The number of hydrogen-bond acceptors (Lipinski definition) is 3. The molecule has 0 aromatic heterocycles. The third-order valence-electron chi connectivity index (χ3n) is 4.47. The average Bonchev–Trinajstić information content (AvgIpc) is 2.70. The fourth-order valence-electron chi connectivity index (χ4n) is 2.98. The van der Waals surface area contributed by atoms with E-state index in [1.807, 2.05) is 30.3 Å². The first-order valence-corrected chi connectivity index (χ1v) is 10.1. The Morgan fingerprint density at radius 3 is 2.28 bits per heavy atom. The van der Waals surface area contributed by atoms with Crippen molar-refractivity contribution in [3.05, 3.63) is 66.2 Å². The Kier molecular flexibility index (Phi) is 7.22. The third-order valence-corrected chi connectivity index (χ3v) is 5.21. The first-order chi connectivity index (χ1) is 13.9. The van der Waals surface area contributed by atoms with E-state index < -0.39 is 5.51 Å². The number of urea groups is 1. The molecule has 4 nitrogen and oxygen atoms in total. The van der Waals surface area contributed by atoms with Crippen LogP contribution in [0.1, 0.15) is 5.56 Å². The van der Waals surface area contributed by atoms with Gasteiger partial charge in [-0.1, -0.05) is 42.5 Å². The lowest BCUT2D eigenvalue weighted by atomic mass is 10.2. The number of nitrogens with one attached hydrogen (secondary N) is 1. The molecule has 1 N–H and O–H groups in total. The molecule has 8 heteroatoms. The summed E-state index contributed by atoms with van der Waals surface area (Å²) < 4.78 is 37.1. The van der Waals surface area contributed by atoms with Gasteiger partial charge >= 0.3 is 11.5 Å². The van der Waals surface area contributed by atoms with Gasteiger partial charge in [-0.05, 0) is 41.6 Å². The summed E-state index contributed by atoms with van der Waals surface area (Å²) in [6, 6.07) is 15.5. The number of thioether (sulfide) groups is 1. The molecule has 0 bridgehead atoms. The highest BCUT2D eigenvalue weighted by Gasteiger charge is 2.29. The largest absolute Gasteiger partial charge is 0.446 e. The number of amides is 2. The van der Waals surface area contributed by atoms with E-state index in [1.165, 1.54) is 24.3 Å². The molecular weight excluding hydrogens is 399 g/mol. The van der Waals surface area contributed by atoms with Crippen molar-refractivity contribution in [1.29, 1.82) is 0 Å². The minimum Gasteiger partial charge on any atom is -0.322 e. The van der Waals surface area contributed by atoms with Crippen LogP contribution in [0.4, 0.5) is 23.7 Å². The lowest BCUT2D eigenvalue weighted by Gasteiger charge is -2.34. The number of carbonyl (C=O) groups is 1. The molecule has 1 heterocycles. The topological polar surface area (TPSA) is 35.6 Å². The molecule has 29 heavy (non-hydrogen) atoms. The molecular formula is C21H22F3N3OS. The predicted molar refractivity (Wildman–Crippen MR) is 111 cm³/mol. The highest BCUT2D eigenvalue weighted by Crippen LogP contribution is 2.37. The number of hydrogen-bond donors (Lipinski definition) is 1. The molecule has 3 rings (SSSR count). The van der Waals surface area contributed by atoms with Crippen LogP contribution in [0.2, 0.25) is 0 Å². The first-order valence-electron chi connectivity index (χ1n) is 9.25. The maximum absolute atomic E-state index is 12.4. The Labute approximate surface area is 172 Å². The second-order valence-corrected chi connectivity index (χ2v) is 7.74. The summed E-state index contributed by atoms with van der Waals surface area (Å²) in [5.41, 5.74) is -2.68. The maximum atomic E-state index is 12.4. The normalized spacial score (nSPS) is 15.6. The lowest BCUT2D eigenvalue weighted by molar-refractivity contribution is -0.0328. The van der Waals surface area contributed by atoms with Crippen LogP contribution >= 0.6 is 11.8 Å². The number of carbonyl (C=O) groups excluding carboxylic acids is 1. The van der Waals surface area contributed by atoms with Gasteiger partial charge in [-0.15, -0.1) is 0 Å². The number of alkyl halides is 3. The van der Waals surface area contributed by atoms with Crippen molar-refractivity contribution in [2.75, 3.05) is 38.0 Å². The van der Waals surface area contributed by atoms with Crippen molar-refractivity contribution in [2.24, 2.45) is 0 Å². The van der Waals surface area contributed by atoms with Gasteiger partial charge in [0.05, 0.1) is 0 Å². The summed E-state index contributed by atoms with van der Waals surface area (Å²) in [7, 11) is 0. The Morgan fingerprint density at radius 1 is 1.00 bits per heavy atom. The summed E-state index contributed by atoms with van der Waals surface area (Å²) >= 11 is -0.173. The minimum atomic E-state index is -4.32. The monoisotopic (exact) mass is 421 g/mol. The number of nitrogens with zero attached hydrogens (tertiary/aromatic N) is 2. The lowest BCUT2D eigenvalue weighted by Crippen LogP contribution is -2.49. The molecule has 0 atom stereocenters. The summed E-state index contributed by atoms with van der Waals surface area (Å²) in [6.45, 7) is 3.57. The molecule has 0 unspecified atom stereocenters. The van der Waals surface area contributed by atoms with E-state index in [0.29, 0.717) is 18.8 Å². The van der Waals surface area contributed by atoms with Crippen molar-refractivity contribution in [1.82, 2.24) is 9.80 Å². The summed E-state index contributed by atoms with van der Waals surface area (Å²) in [5, 5.41) is 2.75. The Hall–Kier alpha value is -2.45. The number of rotatable bonds is 5. The van der Waals surface area contributed by atoms with Crippen LogP contribution in [0.3, 0.4) is 0 Å². The molecule has 154 valence electrons. The van der Waals surface area contributed by atoms with Crippen molar-refractivity contribution in [2.45, 2.75) is 10.4 Å². The quantitative estimate of drug-likeness (QED) is 0.678. The molecule has 1 saturated heterocycles. The summed E-state index contributed by atoms with van der Waals surface area (Å²) in [6.07, 6.45) is 4.20. The van der Waals surface area contributed by atoms with E-state index in [2.05, 4.69) is 22.4 Å². The van der Waals surface area contributed by atoms with Gasteiger partial charge in [-0.3, -0.25) is 4.90 Å². The van der Waals surface area contributed by atoms with Gasteiger partial charge in [-0.2, -0.15) is 13.2 Å². The van der Waals surface area contributed by atoms with Gasteiger partial charge in [0.1, 0.15) is 0 Å². The zero-order valence-corrected chi connectivity index (χ0v) is 16.5. The third kappa shape index (κ3) is 7.14. The van der Waals surface area contributed by atoms with Crippen molar-refractivity contribution >= 4 is 29.6 Å². The van der Waals surface area contributed by atoms with Gasteiger partial charge in [-0.25, -0.2) is 4.79 Å². The Balaban J connectivity index is 1.42. The van der Waals surface area contributed by atoms with E-state index in [-0.39, 0.29) is 22.7 Å². The highest BCUT2D eigenvalue weighted by atomic mass is 32.2. The summed E-state index contributed by atoms with van der Waals surface area (Å²) in [5.74, 6) is 0. The van der Waals surface area contributed by atoms with E-state index in [0.717, 1.165) is 25.2 Å². The highest BCUT2D eigenvalue weighted by molar-refractivity contribution is 8.00. The number of benzene rings is 2. The second-order valence-electron chi connectivity index (χ2n) is 6.60. The van der Waals surface area contributed by atoms with Gasteiger partial charge in [0, 0.05) is 43.3 Å². The Bertz CT molecular complexity index is 817. The first kappa shape index (κ1) is 21.3. The number of piperazine rings is 1. The molecule has 1 aliphatic heterocycles. The smallest absolute Gasteiger partial charge is 0.322 e. The van der Waals surface area contributed by atoms with Crippen LogP contribution in [0.15, 0.2) is 65.6 Å². The van der Waals surface area contributed by atoms with E-state index >= 15 is 0 Å². The fourth-order valence-corrected chi connectivity index (χ4v) is 3.52. The van der Waals surface area contributed by atoms with E-state index in [4.69, 9.17) is 0 Å². The Morgan fingerprint density at radius 2 is 1.66 bits per heavy atom. The van der Waals surface area contributed by atoms with Crippen LogP contribution in [0, 0.1) is 0 Å². The molecule has 0 aliphatic carbocycles. The van der Waals surface area contributed by atoms with Gasteiger partial charge in [0.2, 0.25) is 0 Å². The maximum Gasteiger partial charge on any atom is 0.446 e. The van der Waals surface area contributed by atoms with Crippen molar-refractivity contribution in [3.8, 4) is 0 Å². The van der Waals surface area contributed by atoms with Gasteiger partial charge < -0.3 is 10.2 Å². The molecule has 2 amide bonds. The van der Waals surface area contributed by atoms with E-state index in [1.54, 1.807) is 4.90 Å². The van der Waals surface area contributed by atoms with Crippen LogP contribution in [0.5, 0.6) is 0 Å². The summed E-state index contributed by atoms with van der Waals surface area (Å²) in [4.78, 5) is 16.5. The van der Waals surface area contributed by atoms with Crippen molar-refractivity contribution in [3.63, 3.8) is 0 Å². The minimum absolute atomic E-state index is 0.0904. The van der Waals surface area contributed by atoms with Gasteiger partial charge in [0.25, 0.3) is 0 Å². The van der Waals surface area contributed by atoms with E-state index in [9.17, 15) is 18.0 Å². The van der Waals surface area contributed by atoms with Crippen LogP contribution in [-0.4, -0.2) is 54.1 Å². The molecule has 2 aromatic rings. The van der Waals surface area contributed by atoms with Gasteiger partial charge in [0.15, 0.2) is 0 Å². The fraction of sp³-hybridized carbons (Fsp3) is 0.286. The van der Waals surface area contributed by atoms with Crippen LogP contribution in [0.25, 0.3) is 6.08 Å². The molecule has 0 saturated carbocycles. The zero-order chi connectivity index (χ0) is 20.7. The molecule has 0 spiro atoms. The second kappa shape index (κ2) is 9.84. The molecule has 2 aromatic carbocycles. The predicted octanol–water partition coefficient (Wildman–Crippen LogP) is 5.16. The number of anilines is 1. The molecule has 1 fully saturated rings. The molecule has 1 aliphatic rings. The average molecular weight is 421 g/mol.